The van der Waals surface area contributed by atoms with Crippen LogP contribution in [0.3, 0.4) is 0 Å². The highest BCUT2D eigenvalue weighted by Crippen LogP contribution is 2.26. The van der Waals surface area contributed by atoms with Gasteiger partial charge in [-0.1, -0.05) is 6.07 Å². The van der Waals surface area contributed by atoms with Crippen LogP contribution in [-0.2, 0) is 11.3 Å². The van der Waals surface area contributed by atoms with E-state index < -0.39 is 5.91 Å². The number of thioether (sulfide) groups is 1. The SMILES string of the molecule is CN(C)c1ncc(-c2nc(N)ccc2CNCC2CCN(c3nccc(/C=C4/SC(=O)NC4=O)n3)CC2)cn1. The summed E-state index contributed by atoms with van der Waals surface area (Å²) < 4.78 is 0. The molecular formula is C26H30N10O2S. The van der Waals surface area contributed by atoms with Crippen LogP contribution < -0.4 is 26.2 Å². The highest BCUT2D eigenvalue weighted by atomic mass is 32.2. The number of piperidine rings is 1. The number of pyridine rings is 1. The molecule has 202 valence electrons. The van der Waals surface area contributed by atoms with E-state index in [9.17, 15) is 9.59 Å². The highest BCUT2D eigenvalue weighted by Gasteiger charge is 2.26. The van der Waals surface area contributed by atoms with Crippen molar-refractivity contribution in [1.29, 1.82) is 0 Å². The van der Waals surface area contributed by atoms with Gasteiger partial charge in [-0.2, -0.15) is 0 Å². The summed E-state index contributed by atoms with van der Waals surface area (Å²) in [6, 6.07) is 5.54. The molecule has 0 atom stereocenters. The number of carbonyl (C=O) groups excluding carboxylic acids is 2. The van der Waals surface area contributed by atoms with Gasteiger partial charge in [0.1, 0.15) is 5.82 Å². The fraction of sp³-hybridized carbons (Fsp3) is 0.346. The number of hydrogen-bond donors (Lipinski definition) is 3. The largest absolute Gasteiger partial charge is 0.384 e. The van der Waals surface area contributed by atoms with E-state index in [1.807, 2.05) is 31.1 Å². The van der Waals surface area contributed by atoms with Crippen molar-refractivity contribution in [2.75, 3.05) is 49.3 Å². The fourth-order valence-corrected chi connectivity index (χ4v) is 5.14. The molecule has 0 radical (unpaired) electrons. The second-order valence-electron chi connectivity index (χ2n) is 9.61. The number of anilines is 3. The maximum absolute atomic E-state index is 11.8. The minimum Gasteiger partial charge on any atom is -0.384 e. The summed E-state index contributed by atoms with van der Waals surface area (Å²) in [6.07, 6.45) is 8.85. The van der Waals surface area contributed by atoms with Gasteiger partial charge in [0, 0.05) is 57.9 Å². The Morgan fingerprint density at radius 1 is 1.13 bits per heavy atom. The first-order chi connectivity index (χ1) is 18.9. The van der Waals surface area contributed by atoms with Crippen molar-refractivity contribution in [2.45, 2.75) is 19.4 Å². The Morgan fingerprint density at radius 3 is 2.59 bits per heavy atom. The second kappa shape index (κ2) is 11.7. The van der Waals surface area contributed by atoms with Crippen molar-refractivity contribution in [3.05, 3.63) is 53.0 Å². The minimum absolute atomic E-state index is 0.340. The van der Waals surface area contributed by atoms with Crippen LogP contribution in [0.15, 0.2) is 41.7 Å². The number of nitrogens with two attached hydrogens (primary N) is 1. The summed E-state index contributed by atoms with van der Waals surface area (Å²) in [5.74, 6) is 1.85. The van der Waals surface area contributed by atoms with Crippen LogP contribution in [0, 0.1) is 5.92 Å². The van der Waals surface area contributed by atoms with Gasteiger partial charge in [0.05, 0.1) is 16.3 Å². The predicted molar refractivity (Wildman–Crippen MR) is 152 cm³/mol. The number of nitrogens with zero attached hydrogens (tertiary/aromatic N) is 7. The van der Waals surface area contributed by atoms with Gasteiger partial charge in [0.2, 0.25) is 11.9 Å². The number of nitrogen functional groups attached to an aromatic ring is 1. The Morgan fingerprint density at radius 2 is 1.90 bits per heavy atom. The van der Waals surface area contributed by atoms with Gasteiger partial charge < -0.3 is 20.9 Å². The van der Waals surface area contributed by atoms with E-state index in [2.05, 4.69) is 40.5 Å². The Bertz CT molecular complexity index is 1390. The molecule has 13 heteroatoms. The molecule has 2 aliphatic rings. The first-order valence-corrected chi connectivity index (χ1v) is 13.5. The zero-order valence-corrected chi connectivity index (χ0v) is 22.6. The van der Waals surface area contributed by atoms with Crippen LogP contribution >= 0.6 is 11.8 Å². The number of aromatic nitrogens is 5. The van der Waals surface area contributed by atoms with Crippen LogP contribution in [0.2, 0.25) is 0 Å². The van der Waals surface area contributed by atoms with Gasteiger partial charge >= 0.3 is 0 Å². The number of rotatable bonds is 8. The first-order valence-electron chi connectivity index (χ1n) is 12.6. The third kappa shape index (κ3) is 6.49. The van der Waals surface area contributed by atoms with Crippen molar-refractivity contribution in [3.8, 4) is 11.3 Å². The molecule has 0 saturated carbocycles. The molecule has 2 saturated heterocycles. The summed E-state index contributed by atoms with van der Waals surface area (Å²) in [7, 11) is 3.80. The number of carbonyl (C=O) groups is 2. The summed E-state index contributed by atoms with van der Waals surface area (Å²) in [5, 5.41) is 5.48. The molecule has 39 heavy (non-hydrogen) atoms. The zero-order chi connectivity index (χ0) is 27.4. The van der Waals surface area contributed by atoms with E-state index in [0.717, 1.165) is 61.1 Å². The molecule has 3 aromatic heterocycles. The molecule has 3 aromatic rings. The number of amides is 2. The van der Waals surface area contributed by atoms with Crippen LogP contribution in [0.5, 0.6) is 0 Å². The van der Waals surface area contributed by atoms with Crippen LogP contribution in [0.1, 0.15) is 24.1 Å². The lowest BCUT2D eigenvalue weighted by molar-refractivity contribution is -0.115. The van der Waals surface area contributed by atoms with Gasteiger partial charge in [0.25, 0.3) is 11.1 Å². The maximum Gasteiger partial charge on any atom is 0.290 e. The third-order valence-electron chi connectivity index (χ3n) is 6.54. The van der Waals surface area contributed by atoms with Crippen LogP contribution in [-0.4, -0.2) is 69.8 Å². The summed E-state index contributed by atoms with van der Waals surface area (Å²) in [5.41, 5.74) is 9.24. The Hall–Kier alpha value is -4.10. The van der Waals surface area contributed by atoms with E-state index >= 15 is 0 Å². The lowest BCUT2D eigenvalue weighted by Gasteiger charge is -2.32. The predicted octanol–water partition coefficient (Wildman–Crippen LogP) is 2.31. The monoisotopic (exact) mass is 546 g/mol. The molecular weight excluding hydrogens is 516 g/mol. The number of hydrogen-bond acceptors (Lipinski definition) is 12. The quantitative estimate of drug-likeness (QED) is 0.355. The molecule has 5 rings (SSSR count). The number of imide groups is 1. The Kier molecular flexibility index (Phi) is 7.98. The van der Waals surface area contributed by atoms with Crippen LogP contribution in [0.4, 0.5) is 22.5 Å². The molecule has 0 bridgehead atoms. The summed E-state index contributed by atoms with van der Waals surface area (Å²) in [4.78, 5) is 50.0. The number of nitrogens with one attached hydrogen (secondary N) is 2. The van der Waals surface area contributed by atoms with E-state index in [0.29, 0.717) is 40.8 Å². The third-order valence-corrected chi connectivity index (χ3v) is 7.35. The lowest BCUT2D eigenvalue weighted by Crippen LogP contribution is -2.38. The molecule has 5 heterocycles. The van der Waals surface area contributed by atoms with E-state index in [-0.39, 0.29) is 5.24 Å². The maximum atomic E-state index is 11.8. The van der Waals surface area contributed by atoms with Gasteiger partial charge in [0.15, 0.2) is 0 Å². The minimum atomic E-state index is -0.393. The molecule has 2 amide bonds. The molecule has 0 spiro atoms. The van der Waals surface area contributed by atoms with E-state index in [1.54, 1.807) is 30.7 Å². The standard InChI is InChI=1S/C26H30N10O2S/c1-35(2)24-30-14-18(15-31-24)22-17(3-4-21(27)33-22)13-28-12-16-6-9-36(10-7-16)25-29-8-5-19(32-25)11-20-23(37)34-26(38)39-20/h3-5,8,11,14-16,28H,6-7,9-10,12-13H2,1-2H3,(H2,27,33)(H,34,37,38)/b20-11+. The zero-order valence-electron chi connectivity index (χ0n) is 21.8. The molecule has 2 fully saturated rings. The fourth-order valence-electron chi connectivity index (χ4n) is 4.47. The topological polar surface area (TPSA) is 155 Å². The summed E-state index contributed by atoms with van der Waals surface area (Å²) >= 11 is 0.880. The van der Waals surface area contributed by atoms with Crippen molar-refractivity contribution >= 4 is 46.7 Å². The average Bonchev–Trinajstić information content (AvgIpc) is 3.26. The van der Waals surface area contributed by atoms with Gasteiger partial charge in [-0.25, -0.2) is 24.9 Å². The molecule has 12 nitrogen and oxygen atoms in total. The smallest absolute Gasteiger partial charge is 0.290 e. The Labute approximate surface area is 230 Å². The average molecular weight is 547 g/mol. The normalized spacial score (nSPS) is 17.1. The first kappa shape index (κ1) is 26.5. The van der Waals surface area contributed by atoms with Gasteiger partial charge in [-0.05, 0) is 60.8 Å². The lowest BCUT2D eigenvalue weighted by atomic mass is 9.97. The molecule has 0 aromatic carbocycles. The van der Waals surface area contributed by atoms with Crippen molar-refractivity contribution in [3.63, 3.8) is 0 Å². The summed E-state index contributed by atoms with van der Waals surface area (Å²) in [6.45, 7) is 3.21. The molecule has 4 N–H and O–H groups in total. The van der Waals surface area contributed by atoms with Crippen molar-refractivity contribution in [1.82, 2.24) is 35.6 Å². The second-order valence-corrected chi connectivity index (χ2v) is 10.6. The Balaban J connectivity index is 1.15. The highest BCUT2D eigenvalue weighted by molar-refractivity contribution is 8.18. The van der Waals surface area contributed by atoms with E-state index in [1.165, 1.54) is 0 Å². The van der Waals surface area contributed by atoms with E-state index in [4.69, 9.17) is 5.73 Å². The molecule has 0 unspecified atom stereocenters. The van der Waals surface area contributed by atoms with Gasteiger partial charge in [-0.3, -0.25) is 14.9 Å². The van der Waals surface area contributed by atoms with Crippen molar-refractivity contribution in [2.24, 2.45) is 5.92 Å². The molecule has 2 aliphatic heterocycles. The van der Waals surface area contributed by atoms with Crippen molar-refractivity contribution < 1.29 is 9.59 Å². The van der Waals surface area contributed by atoms with Crippen LogP contribution in [0.25, 0.3) is 17.3 Å². The van der Waals surface area contributed by atoms with Gasteiger partial charge in [-0.15, -0.1) is 0 Å². The molecule has 0 aliphatic carbocycles.